The summed E-state index contributed by atoms with van der Waals surface area (Å²) in [6.45, 7) is 4.68. The van der Waals surface area contributed by atoms with E-state index in [-0.39, 0.29) is 5.91 Å². The molecular formula is C16H18N2OS. The standard InChI is InChI=1S/C16H18N2OS/c1-12(2)20-15-9-4-3-8-14(15)16(19)18-11-13-7-5-6-10-17-13/h3-10,12H,11H2,1-2H3,(H,18,19). The minimum absolute atomic E-state index is 0.0561. The first-order chi connectivity index (χ1) is 9.66. The van der Waals surface area contributed by atoms with Crippen molar-refractivity contribution < 1.29 is 4.79 Å². The fraction of sp³-hybridized carbons (Fsp3) is 0.250. The number of thioether (sulfide) groups is 1. The zero-order chi connectivity index (χ0) is 14.4. The van der Waals surface area contributed by atoms with Crippen LogP contribution in [-0.4, -0.2) is 16.1 Å². The summed E-state index contributed by atoms with van der Waals surface area (Å²) in [5.74, 6) is -0.0561. The lowest BCUT2D eigenvalue weighted by atomic mass is 10.2. The van der Waals surface area contributed by atoms with Crippen LogP contribution >= 0.6 is 11.8 Å². The zero-order valence-electron chi connectivity index (χ0n) is 11.7. The number of aromatic nitrogens is 1. The van der Waals surface area contributed by atoms with Gasteiger partial charge in [0.15, 0.2) is 0 Å². The number of carbonyl (C=O) groups excluding carboxylic acids is 1. The Kier molecular flexibility index (Phi) is 5.18. The highest BCUT2D eigenvalue weighted by Crippen LogP contribution is 2.26. The van der Waals surface area contributed by atoms with Crippen molar-refractivity contribution in [1.29, 1.82) is 0 Å². The maximum atomic E-state index is 12.3. The van der Waals surface area contributed by atoms with Gasteiger partial charge >= 0.3 is 0 Å². The lowest BCUT2D eigenvalue weighted by Crippen LogP contribution is -2.23. The number of rotatable bonds is 5. The fourth-order valence-corrected chi connectivity index (χ4v) is 2.73. The first kappa shape index (κ1) is 14.6. The SMILES string of the molecule is CC(C)Sc1ccccc1C(=O)NCc1ccccn1. The molecular weight excluding hydrogens is 268 g/mol. The van der Waals surface area contributed by atoms with Crippen LogP contribution in [0.5, 0.6) is 0 Å². The molecule has 0 aliphatic heterocycles. The van der Waals surface area contributed by atoms with Gasteiger partial charge in [0.2, 0.25) is 0 Å². The fourth-order valence-electron chi connectivity index (χ4n) is 1.78. The van der Waals surface area contributed by atoms with Crippen molar-refractivity contribution in [2.45, 2.75) is 30.5 Å². The minimum atomic E-state index is -0.0561. The van der Waals surface area contributed by atoms with Gasteiger partial charge in [-0.1, -0.05) is 32.0 Å². The van der Waals surface area contributed by atoms with E-state index in [2.05, 4.69) is 24.1 Å². The van der Waals surface area contributed by atoms with Gasteiger partial charge < -0.3 is 5.32 Å². The molecule has 0 unspecified atom stereocenters. The molecule has 0 spiro atoms. The number of nitrogens with one attached hydrogen (secondary N) is 1. The molecule has 0 bridgehead atoms. The molecule has 1 heterocycles. The van der Waals surface area contributed by atoms with Gasteiger partial charge in [-0.2, -0.15) is 0 Å². The summed E-state index contributed by atoms with van der Waals surface area (Å²) in [5.41, 5.74) is 1.58. The van der Waals surface area contributed by atoms with E-state index < -0.39 is 0 Å². The van der Waals surface area contributed by atoms with E-state index in [9.17, 15) is 4.79 Å². The Hall–Kier alpha value is -1.81. The Morgan fingerprint density at radius 2 is 1.95 bits per heavy atom. The van der Waals surface area contributed by atoms with Crippen LogP contribution in [0.2, 0.25) is 0 Å². The summed E-state index contributed by atoms with van der Waals surface area (Å²) < 4.78 is 0. The molecule has 0 atom stereocenters. The summed E-state index contributed by atoms with van der Waals surface area (Å²) in [6.07, 6.45) is 1.73. The Balaban J connectivity index is 2.05. The van der Waals surface area contributed by atoms with Crippen molar-refractivity contribution in [3.63, 3.8) is 0 Å². The largest absolute Gasteiger partial charge is 0.346 e. The number of hydrogen-bond donors (Lipinski definition) is 1. The molecule has 0 fully saturated rings. The first-order valence-electron chi connectivity index (χ1n) is 6.60. The Morgan fingerprint density at radius 1 is 1.20 bits per heavy atom. The number of amides is 1. The smallest absolute Gasteiger partial charge is 0.252 e. The minimum Gasteiger partial charge on any atom is -0.346 e. The van der Waals surface area contributed by atoms with Crippen LogP contribution in [0.15, 0.2) is 53.6 Å². The molecule has 1 N–H and O–H groups in total. The topological polar surface area (TPSA) is 42.0 Å². The number of carbonyl (C=O) groups is 1. The summed E-state index contributed by atoms with van der Waals surface area (Å²) in [6, 6.07) is 13.4. The van der Waals surface area contributed by atoms with E-state index in [0.29, 0.717) is 11.8 Å². The molecule has 104 valence electrons. The predicted molar refractivity (Wildman–Crippen MR) is 82.8 cm³/mol. The van der Waals surface area contributed by atoms with Crippen LogP contribution in [0.1, 0.15) is 29.9 Å². The molecule has 0 radical (unpaired) electrons. The van der Waals surface area contributed by atoms with Crippen molar-refractivity contribution in [2.24, 2.45) is 0 Å². The Labute approximate surface area is 123 Å². The highest BCUT2D eigenvalue weighted by molar-refractivity contribution is 8.00. The Bertz CT molecular complexity index is 570. The van der Waals surface area contributed by atoms with E-state index in [4.69, 9.17) is 0 Å². The van der Waals surface area contributed by atoms with Gasteiger partial charge in [0.05, 0.1) is 17.8 Å². The third-order valence-electron chi connectivity index (χ3n) is 2.65. The normalized spacial score (nSPS) is 10.6. The van der Waals surface area contributed by atoms with Crippen LogP contribution < -0.4 is 5.32 Å². The molecule has 20 heavy (non-hydrogen) atoms. The van der Waals surface area contributed by atoms with Gasteiger partial charge in [0.25, 0.3) is 5.91 Å². The quantitative estimate of drug-likeness (QED) is 0.855. The molecule has 0 aliphatic rings. The monoisotopic (exact) mass is 286 g/mol. The summed E-state index contributed by atoms with van der Waals surface area (Å²) in [7, 11) is 0. The predicted octanol–water partition coefficient (Wildman–Crippen LogP) is 3.51. The molecule has 1 aromatic carbocycles. The van der Waals surface area contributed by atoms with Gasteiger partial charge in [-0.3, -0.25) is 9.78 Å². The molecule has 3 nitrogen and oxygen atoms in total. The van der Waals surface area contributed by atoms with Crippen LogP contribution in [0, 0.1) is 0 Å². The lowest BCUT2D eigenvalue weighted by Gasteiger charge is -2.11. The molecule has 2 rings (SSSR count). The highest BCUT2D eigenvalue weighted by Gasteiger charge is 2.12. The molecule has 2 aromatic rings. The van der Waals surface area contributed by atoms with Gasteiger partial charge in [-0.05, 0) is 24.3 Å². The van der Waals surface area contributed by atoms with Crippen LogP contribution in [0.3, 0.4) is 0 Å². The summed E-state index contributed by atoms with van der Waals surface area (Å²) >= 11 is 1.70. The molecule has 4 heteroatoms. The maximum absolute atomic E-state index is 12.3. The second-order valence-electron chi connectivity index (χ2n) is 4.67. The van der Waals surface area contributed by atoms with Crippen LogP contribution in [-0.2, 0) is 6.54 Å². The van der Waals surface area contributed by atoms with Gasteiger partial charge in [-0.15, -0.1) is 11.8 Å². The van der Waals surface area contributed by atoms with Crippen molar-refractivity contribution in [1.82, 2.24) is 10.3 Å². The second-order valence-corrected chi connectivity index (χ2v) is 6.28. The summed E-state index contributed by atoms with van der Waals surface area (Å²) in [4.78, 5) is 17.5. The van der Waals surface area contributed by atoms with Crippen LogP contribution in [0.25, 0.3) is 0 Å². The number of pyridine rings is 1. The Morgan fingerprint density at radius 3 is 2.65 bits per heavy atom. The molecule has 0 aliphatic carbocycles. The lowest BCUT2D eigenvalue weighted by molar-refractivity contribution is 0.0947. The third-order valence-corrected chi connectivity index (χ3v) is 3.73. The molecule has 1 amide bonds. The van der Waals surface area contributed by atoms with Crippen molar-refractivity contribution in [3.05, 3.63) is 59.9 Å². The van der Waals surface area contributed by atoms with Gasteiger partial charge in [0.1, 0.15) is 0 Å². The average Bonchev–Trinajstić information content (AvgIpc) is 2.46. The van der Waals surface area contributed by atoms with Gasteiger partial charge in [-0.25, -0.2) is 0 Å². The highest BCUT2D eigenvalue weighted by atomic mass is 32.2. The number of nitrogens with zero attached hydrogens (tertiary/aromatic N) is 1. The van der Waals surface area contributed by atoms with E-state index in [1.165, 1.54) is 0 Å². The summed E-state index contributed by atoms with van der Waals surface area (Å²) in [5, 5.41) is 3.36. The molecule has 0 saturated carbocycles. The van der Waals surface area contributed by atoms with Gasteiger partial charge in [0, 0.05) is 16.3 Å². The van der Waals surface area contributed by atoms with E-state index in [1.54, 1.807) is 18.0 Å². The maximum Gasteiger partial charge on any atom is 0.252 e. The number of hydrogen-bond acceptors (Lipinski definition) is 3. The molecule has 1 aromatic heterocycles. The zero-order valence-corrected chi connectivity index (χ0v) is 12.5. The van der Waals surface area contributed by atoms with E-state index in [1.807, 2.05) is 42.5 Å². The third kappa shape index (κ3) is 4.10. The van der Waals surface area contributed by atoms with Crippen molar-refractivity contribution in [3.8, 4) is 0 Å². The van der Waals surface area contributed by atoms with E-state index in [0.717, 1.165) is 16.2 Å². The number of benzene rings is 1. The van der Waals surface area contributed by atoms with Crippen LogP contribution in [0.4, 0.5) is 0 Å². The first-order valence-corrected chi connectivity index (χ1v) is 7.48. The van der Waals surface area contributed by atoms with Crippen molar-refractivity contribution in [2.75, 3.05) is 0 Å². The van der Waals surface area contributed by atoms with Crippen molar-refractivity contribution >= 4 is 17.7 Å². The van der Waals surface area contributed by atoms with E-state index >= 15 is 0 Å². The molecule has 0 saturated heterocycles. The average molecular weight is 286 g/mol. The second kappa shape index (κ2) is 7.10.